The molecule has 22 heavy (non-hydrogen) atoms. The van der Waals surface area contributed by atoms with E-state index in [0.717, 1.165) is 30.5 Å². The number of ether oxygens (including phenoxy) is 2. The van der Waals surface area contributed by atoms with E-state index in [1.165, 1.54) is 7.11 Å². The van der Waals surface area contributed by atoms with Crippen LogP contribution in [0.4, 0.5) is 11.6 Å². The van der Waals surface area contributed by atoms with Crippen molar-refractivity contribution >= 4 is 23.2 Å². The fourth-order valence-corrected chi connectivity index (χ4v) is 2.82. The predicted molar refractivity (Wildman–Crippen MR) is 84.7 cm³/mol. The molecule has 0 radical (unpaired) electrons. The maximum Gasteiger partial charge on any atom is 0.255 e. The molecule has 0 fully saturated rings. The molecule has 1 aromatic carbocycles. The third kappa shape index (κ3) is 2.62. The largest absolute Gasteiger partial charge is 0.495 e. The van der Waals surface area contributed by atoms with Gasteiger partial charge in [0.05, 0.1) is 30.6 Å². The Labute approximate surface area is 132 Å². The van der Waals surface area contributed by atoms with Gasteiger partial charge in [-0.3, -0.25) is 9.78 Å². The number of nitrogens with zero attached hydrogens (tertiary/aromatic N) is 1. The molecular formula is C15H16ClN3O3. The molecule has 2 aromatic rings. The Morgan fingerprint density at radius 2 is 2.00 bits per heavy atom. The molecular weight excluding hydrogens is 306 g/mol. The second-order valence-corrected chi connectivity index (χ2v) is 5.41. The van der Waals surface area contributed by atoms with Crippen LogP contribution in [-0.2, 0) is 12.8 Å². The van der Waals surface area contributed by atoms with Gasteiger partial charge in [-0.1, -0.05) is 11.6 Å². The highest BCUT2D eigenvalue weighted by atomic mass is 35.5. The van der Waals surface area contributed by atoms with Crippen molar-refractivity contribution in [1.82, 2.24) is 9.97 Å². The van der Waals surface area contributed by atoms with E-state index in [2.05, 4.69) is 15.3 Å². The molecule has 0 saturated heterocycles. The minimum atomic E-state index is -0.0927. The Morgan fingerprint density at radius 3 is 2.73 bits per heavy atom. The van der Waals surface area contributed by atoms with Gasteiger partial charge in [0.2, 0.25) is 5.95 Å². The van der Waals surface area contributed by atoms with Gasteiger partial charge in [0.25, 0.3) is 5.56 Å². The number of halogens is 1. The number of aromatic nitrogens is 2. The fourth-order valence-electron chi connectivity index (χ4n) is 2.59. The highest BCUT2D eigenvalue weighted by Crippen LogP contribution is 2.36. The van der Waals surface area contributed by atoms with Crippen molar-refractivity contribution in [2.45, 2.75) is 19.3 Å². The van der Waals surface area contributed by atoms with Gasteiger partial charge >= 0.3 is 0 Å². The van der Waals surface area contributed by atoms with Crippen LogP contribution in [0.15, 0.2) is 16.9 Å². The van der Waals surface area contributed by atoms with Gasteiger partial charge in [-0.25, -0.2) is 4.98 Å². The minimum absolute atomic E-state index is 0.0927. The summed E-state index contributed by atoms with van der Waals surface area (Å²) in [4.78, 5) is 19.3. The second-order valence-electron chi connectivity index (χ2n) is 5.01. The Hall–Kier alpha value is -2.21. The number of nitrogens with one attached hydrogen (secondary N) is 2. The Bertz CT molecular complexity index is 773. The van der Waals surface area contributed by atoms with E-state index >= 15 is 0 Å². The maximum atomic E-state index is 12.0. The van der Waals surface area contributed by atoms with Crippen molar-refractivity contribution in [3.63, 3.8) is 0 Å². The zero-order valence-corrected chi connectivity index (χ0v) is 13.1. The molecule has 1 heterocycles. The lowest BCUT2D eigenvalue weighted by Gasteiger charge is -2.13. The molecule has 7 heteroatoms. The number of anilines is 2. The summed E-state index contributed by atoms with van der Waals surface area (Å²) >= 11 is 6.08. The molecule has 0 atom stereocenters. The van der Waals surface area contributed by atoms with E-state index in [4.69, 9.17) is 21.1 Å². The first kappa shape index (κ1) is 14.7. The molecule has 0 saturated carbocycles. The fraction of sp³-hybridized carbons (Fsp3) is 0.333. The van der Waals surface area contributed by atoms with Crippen LogP contribution < -0.4 is 20.3 Å². The van der Waals surface area contributed by atoms with Crippen molar-refractivity contribution in [1.29, 1.82) is 0 Å². The molecule has 1 aliphatic rings. The number of H-pyrrole nitrogens is 1. The average molecular weight is 322 g/mol. The first-order valence-electron chi connectivity index (χ1n) is 6.93. The first-order chi connectivity index (χ1) is 10.6. The average Bonchev–Trinajstić information content (AvgIpc) is 2.97. The molecule has 0 aliphatic heterocycles. The number of fused-ring (bicyclic) bond motifs is 1. The van der Waals surface area contributed by atoms with Crippen molar-refractivity contribution in [2.24, 2.45) is 0 Å². The number of rotatable bonds is 4. The topological polar surface area (TPSA) is 76.2 Å². The van der Waals surface area contributed by atoms with Gasteiger partial charge in [0.1, 0.15) is 11.5 Å². The van der Waals surface area contributed by atoms with Gasteiger partial charge in [0.15, 0.2) is 0 Å². The molecule has 6 nitrogen and oxygen atoms in total. The quantitative estimate of drug-likeness (QED) is 0.905. The van der Waals surface area contributed by atoms with Crippen LogP contribution in [0.3, 0.4) is 0 Å². The molecule has 116 valence electrons. The number of hydrogen-bond donors (Lipinski definition) is 2. The zero-order valence-electron chi connectivity index (χ0n) is 12.3. The summed E-state index contributed by atoms with van der Waals surface area (Å²) in [5, 5.41) is 3.51. The molecule has 0 bridgehead atoms. The van der Waals surface area contributed by atoms with Crippen LogP contribution in [0.2, 0.25) is 5.02 Å². The maximum absolute atomic E-state index is 12.0. The minimum Gasteiger partial charge on any atom is -0.495 e. The lowest BCUT2D eigenvalue weighted by molar-refractivity contribution is 0.405. The zero-order chi connectivity index (χ0) is 15.7. The third-order valence-electron chi connectivity index (χ3n) is 3.67. The Kier molecular flexibility index (Phi) is 3.94. The van der Waals surface area contributed by atoms with Gasteiger partial charge in [0, 0.05) is 17.7 Å². The van der Waals surface area contributed by atoms with Gasteiger partial charge in [-0.15, -0.1) is 0 Å². The van der Waals surface area contributed by atoms with Crippen LogP contribution in [0.5, 0.6) is 11.5 Å². The van der Waals surface area contributed by atoms with Crippen molar-refractivity contribution < 1.29 is 9.47 Å². The summed E-state index contributed by atoms with van der Waals surface area (Å²) in [6, 6.07) is 3.35. The van der Waals surface area contributed by atoms with Crippen LogP contribution in [0, 0.1) is 0 Å². The first-order valence-corrected chi connectivity index (χ1v) is 7.30. The summed E-state index contributed by atoms with van der Waals surface area (Å²) in [6.07, 6.45) is 2.58. The van der Waals surface area contributed by atoms with Gasteiger partial charge < -0.3 is 14.8 Å². The van der Waals surface area contributed by atoms with E-state index in [0.29, 0.717) is 28.2 Å². The standard InChI is InChI=1S/C15H16ClN3O3/c1-21-12-7-11(13(22-2)6-9(12)16)18-15-17-10-5-3-4-8(10)14(20)19-15/h6-7H,3-5H2,1-2H3,(H2,17,18,19,20). The molecule has 0 unspecified atom stereocenters. The normalized spacial score (nSPS) is 12.9. The van der Waals surface area contributed by atoms with E-state index < -0.39 is 0 Å². The Morgan fingerprint density at radius 1 is 1.23 bits per heavy atom. The number of benzene rings is 1. The van der Waals surface area contributed by atoms with Gasteiger partial charge in [-0.2, -0.15) is 0 Å². The predicted octanol–water partition coefficient (Wildman–Crippen LogP) is 2.67. The highest BCUT2D eigenvalue weighted by Gasteiger charge is 2.18. The van der Waals surface area contributed by atoms with Crippen molar-refractivity contribution in [2.75, 3.05) is 19.5 Å². The van der Waals surface area contributed by atoms with Gasteiger partial charge in [-0.05, 0) is 19.3 Å². The third-order valence-corrected chi connectivity index (χ3v) is 3.96. The molecule has 0 spiro atoms. The molecule has 3 rings (SSSR count). The van der Waals surface area contributed by atoms with E-state index in [1.54, 1.807) is 19.2 Å². The van der Waals surface area contributed by atoms with E-state index in [1.807, 2.05) is 0 Å². The monoisotopic (exact) mass is 321 g/mol. The van der Waals surface area contributed by atoms with Crippen LogP contribution in [-0.4, -0.2) is 24.2 Å². The lowest BCUT2D eigenvalue weighted by Crippen LogP contribution is -2.16. The van der Waals surface area contributed by atoms with Crippen LogP contribution in [0.1, 0.15) is 17.7 Å². The smallest absolute Gasteiger partial charge is 0.255 e. The lowest BCUT2D eigenvalue weighted by atomic mass is 10.2. The highest BCUT2D eigenvalue weighted by molar-refractivity contribution is 6.32. The van der Waals surface area contributed by atoms with E-state index in [9.17, 15) is 4.79 Å². The molecule has 2 N–H and O–H groups in total. The summed E-state index contributed by atoms with van der Waals surface area (Å²) in [5.41, 5.74) is 2.16. The summed E-state index contributed by atoms with van der Waals surface area (Å²) in [7, 11) is 3.08. The molecule has 1 aliphatic carbocycles. The second kappa shape index (κ2) is 5.88. The molecule has 1 aromatic heterocycles. The number of methoxy groups -OCH3 is 2. The Balaban J connectivity index is 1.99. The number of aromatic amines is 1. The van der Waals surface area contributed by atoms with Crippen LogP contribution in [0.25, 0.3) is 0 Å². The number of hydrogen-bond acceptors (Lipinski definition) is 5. The van der Waals surface area contributed by atoms with Crippen LogP contribution >= 0.6 is 11.6 Å². The SMILES string of the molecule is COc1cc(Nc2nc3c(c(=O)[nH]2)CCC3)c(OC)cc1Cl. The summed E-state index contributed by atoms with van der Waals surface area (Å²) in [5.74, 6) is 1.43. The number of aryl methyl sites for hydroxylation is 1. The summed E-state index contributed by atoms with van der Waals surface area (Å²) < 4.78 is 10.5. The summed E-state index contributed by atoms with van der Waals surface area (Å²) in [6.45, 7) is 0. The van der Waals surface area contributed by atoms with E-state index in [-0.39, 0.29) is 5.56 Å². The van der Waals surface area contributed by atoms with Crippen molar-refractivity contribution in [3.05, 3.63) is 38.8 Å². The van der Waals surface area contributed by atoms with Crippen molar-refractivity contribution in [3.8, 4) is 11.5 Å². The molecule has 0 amide bonds.